The van der Waals surface area contributed by atoms with E-state index in [0.29, 0.717) is 75.4 Å². The standard InChI is InChI=1S/C22H19FN6O2.C14H11N5O3.C8H10FN.CH3I/c1-31-20-3-2-9-24-21(20)16-11-17(13-19(12-16)29-14-26-27-28-29)22(30)25-10-8-15-4-6-18(23)7-5-15;1-22-12-3-2-4-15-13(12)9-5-10(14(20)21)7-11(6-9)19-8-16-17-18-19;9-8-3-1-7(2-4-8)5-6-10;1-2/h2-7,9,11-14H,8,10H2,1H3,(H,25,30);2-8H,1H3,(H,20,21);1-4H,5-6,10H2;1H3/i;;;1D. The number of nitrogens with two attached hydrogens (primary N) is 1. The summed E-state index contributed by atoms with van der Waals surface area (Å²) in [5.74, 6) is -0.656. The second-order valence-electron chi connectivity index (χ2n) is 13.3. The van der Waals surface area contributed by atoms with Gasteiger partial charge >= 0.3 is 5.97 Å². The number of hydrogen-bond acceptors (Lipinski definition) is 13. The van der Waals surface area contributed by atoms with E-state index in [4.69, 9.17) is 16.6 Å². The number of carboxylic acids is 1. The molecule has 4 aromatic carbocycles. The van der Waals surface area contributed by atoms with E-state index >= 15 is 0 Å². The second kappa shape index (κ2) is 24.9. The fraction of sp³-hybridized carbons (Fsp3) is 0.156. The van der Waals surface area contributed by atoms with Gasteiger partial charge in [-0.05, 0) is 141 Å². The Labute approximate surface area is 387 Å². The van der Waals surface area contributed by atoms with Crippen LogP contribution in [0.2, 0.25) is 0 Å². The number of methoxy groups -OCH3 is 2. The summed E-state index contributed by atoms with van der Waals surface area (Å²) in [6.45, 7) is 1.02. The van der Waals surface area contributed by atoms with Gasteiger partial charge in [-0.2, -0.15) is 0 Å². The molecule has 1 amide bonds. The monoisotopic (exact) mass is 997 g/mol. The third kappa shape index (κ3) is 14.0. The van der Waals surface area contributed by atoms with E-state index in [1.807, 2.05) is 28.7 Å². The molecule has 8 aromatic rings. The minimum absolute atomic E-state index is 0.107. The van der Waals surface area contributed by atoms with Gasteiger partial charge in [0.2, 0.25) is 0 Å². The van der Waals surface area contributed by atoms with E-state index < -0.39 is 5.97 Å². The number of carboxylic acid groups (broad SMARTS) is 1. The van der Waals surface area contributed by atoms with Gasteiger partial charge in [-0.1, -0.05) is 46.9 Å². The number of halogens is 3. The van der Waals surface area contributed by atoms with Crippen molar-refractivity contribution in [1.29, 1.82) is 0 Å². The predicted octanol–water partition coefficient (Wildman–Crippen LogP) is 6.65. The summed E-state index contributed by atoms with van der Waals surface area (Å²) in [6, 6.07) is 29.7. The quantitative estimate of drug-likeness (QED) is 0.0813. The molecular formula is C45H43F2IN12O5. The molecule has 4 aromatic heterocycles. The van der Waals surface area contributed by atoms with Gasteiger partial charge in [0.05, 0.1) is 31.2 Å². The van der Waals surface area contributed by atoms with Gasteiger partial charge in [0.25, 0.3) is 5.91 Å². The van der Waals surface area contributed by atoms with Gasteiger partial charge in [-0.3, -0.25) is 14.8 Å². The number of aromatic nitrogens is 10. The lowest BCUT2D eigenvalue weighted by Gasteiger charge is -2.12. The minimum Gasteiger partial charge on any atom is -0.494 e. The highest BCUT2D eigenvalue weighted by molar-refractivity contribution is 14.1. The van der Waals surface area contributed by atoms with Gasteiger partial charge in [0.1, 0.15) is 47.2 Å². The zero-order valence-corrected chi connectivity index (χ0v) is 37.2. The molecule has 0 aliphatic heterocycles. The number of carbonyl (C=O) groups is 2. The molecule has 0 atom stereocenters. The van der Waals surface area contributed by atoms with Gasteiger partial charge in [-0.15, -0.1) is 10.2 Å². The van der Waals surface area contributed by atoms with Crippen LogP contribution in [-0.2, 0) is 12.8 Å². The molecule has 17 nitrogen and oxygen atoms in total. The number of carbonyl (C=O) groups excluding carboxylic acids is 1. The molecule has 0 aliphatic carbocycles. The lowest BCUT2D eigenvalue weighted by Crippen LogP contribution is -2.26. The van der Waals surface area contributed by atoms with Crippen molar-refractivity contribution in [3.63, 3.8) is 0 Å². The topological polar surface area (TPSA) is 224 Å². The molecule has 8 rings (SSSR count). The lowest BCUT2D eigenvalue weighted by atomic mass is 10.0. The number of nitrogens with one attached hydrogen (secondary N) is 1. The molecule has 0 aliphatic rings. The molecule has 0 radical (unpaired) electrons. The maximum absolute atomic E-state index is 13.0. The SMILES string of the molecule is COc1cccnc1-c1cc(C(=O)NCCc2ccc(F)cc2)cc(-n2cnnn2)c1.COc1cccnc1-c1cc(C(=O)O)cc(-n2cnnn2)c1.NCCc1ccc(F)cc1.[2H]CI. The first-order valence-corrected chi connectivity index (χ1v) is 20.9. The van der Waals surface area contributed by atoms with E-state index in [1.54, 1.807) is 86.2 Å². The number of nitrogens with zero attached hydrogens (tertiary/aromatic N) is 10. The van der Waals surface area contributed by atoms with Crippen molar-refractivity contribution in [2.24, 2.45) is 5.73 Å². The van der Waals surface area contributed by atoms with E-state index in [-0.39, 0.29) is 23.1 Å². The molecule has 0 unspecified atom stereocenters. The highest BCUT2D eigenvalue weighted by Crippen LogP contribution is 2.31. The number of tetrazole rings is 2. The Hall–Kier alpha value is -7.59. The van der Waals surface area contributed by atoms with Crippen LogP contribution in [0.1, 0.15) is 33.2 Å². The van der Waals surface area contributed by atoms with Crippen LogP contribution in [-0.4, -0.2) is 99.6 Å². The Balaban J connectivity index is 0.000000202. The molecule has 0 spiro atoms. The highest BCUT2D eigenvalue weighted by Gasteiger charge is 2.16. The summed E-state index contributed by atoms with van der Waals surface area (Å²) < 4.78 is 45.1. The fourth-order valence-electron chi connectivity index (χ4n) is 6.01. The number of rotatable bonds is 13. The molecule has 0 saturated heterocycles. The molecular weight excluding hydrogens is 953 g/mol. The van der Waals surface area contributed by atoms with Crippen molar-refractivity contribution in [2.45, 2.75) is 12.8 Å². The number of amides is 1. The van der Waals surface area contributed by atoms with Crippen LogP contribution in [0.25, 0.3) is 33.9 Å². The largest absolute Gasteiger partial charge is 0.494 e. The predicted molar refractivity (Wildman–Crippen MR) is 246 cm³/mol. The van der Waals surface area contributed by atoms with E-state index in [2.05, 4.69) is 46.3 Å². The van der Waals surface area contributed by atoms with Crippen molar-refractivity contribution in [3.05, 3.63) is 168 Å². The summed E-state index contributed by atoms with van der Waals surface area (Å²) >= 11 is 1.96. The van der Waals surface area contributed by atoms with E-state index in [1.165, 1.54) is 65.5 Å². The van der Waals surface area contributed by atoms with Gasteiger partial charge in [0, 0.05) is 37.0 Å². The highest BCUT2D eigenvalue weighted by atomic mass is 127. The third-order valence-electron chi connectivity index (χ3n) is 9.06. The first kappa shape index (κ1) is 46.9. The maximum atomic E-state index is 13.0. The molecule has 4 heterocycles. The average molecular weight is 998 g/mol. The number of benzene rings is 4. The van der Waals surface area contributed by atoms with E-state index in [9.17, 15) is 23.5 Å². The van der Waals surface area contributed by atoms with Crippen molar-refractivity contribution < 1.29 is 34.3 Å². The molecule has 65 heavy (non-hydrogen) atoms. The Bertz CT molecular complexity index is 2750. The molecule has 4 N–H and O–H groups in total. The smallest absolute Gasteiger partial charge is 0.335 e. The van der Waals surface area contributed by atoms with E-state index in [0.717, 1.165) is 17.5 Å². The first-order valence-electron chi connectivity index (χ1n) is 20.1. The Morgan fingerprint density at radius 2 is 1.18 bits per heavy atom. The third-order valence-corrected chi connectivity index (χ3v) is 9.06. The number of aromatic carboxylic acids is 1. The van der Waals surface area contributed by atoms with Gasteiger partial charge in [-0.25, -0.2) is 22.9 Å². The number of pyridine rings is 2. The number of alkyl halides is 1. The van der Waals surface area contributed by atoms with Crippen LogP contribution in [0.4, 0.5) is 8.78 Å². The molecule has 0 saturated carbocycles. The van der Waals surface area contributed by atoms with Gasteiger partial charge in [0.15, 0.2) is 0 Å². The van der Waals surface area contributed by atoms with Crippen LogP contribution in [0.5, 0.6) is 11.5 Å². The van der Waals surface area contributed by atoms with Crippen LogP contribution in [0, 0.1) is 11.6 Å². The minimum atomic E-state index is -1.05. The zero-order valence-electron chi connectivity index (χ0n) is 36.0. The zero-order chi connectivity index (χ0) is 47.3. The summed E-state index contributed by atoms with van der Waals surface area (Å²) in [5.41, 5.74) is 11.4. The fourth-order valence-corrected chi connectivity index (χ4v) is 6.01. The Kier molecular flexibility index (Phi) is 18.0. The van der Waals surface area contributed by atoms with Crippen molar-refractivity contribution >= 4 is 34.5 Å². The molecule has 334 valence electrons. The first-order chi connectivity index (χ1) is 32.1. The Morgan fingerprint density at radius 1 is 0.723 bits per heavy atom. The van der Waals surface area contributed by atoms with Crippen LogP contribution in [0.3, 0.4) is 0 Å². The molecule has 0 fully saturated rings. The average Bonchev–Trinajstić information content (AvgIpc) is 4.10. The number of hydrogen-bond donors (Lipinski definition) is 3. The summed E-state index contributed by atoms with van der Waals surface area (Å²) in [7, 11) is 3.10. The summed E-state index contributed by atoms with van der Waals surface area (Å²) in [5, 5.41) is 34.3. The van der Waals surface area contributed by atoms with Gasteiger partial charge < -0.3 is 25.6 Å². The van der Waals surface area contributed by atoms with Crippen LogP contribution < -0.4 is 20.5 Å². The molecule has 0 bridgehead atoms. The molecule has 20 heteroatoms. The summed E-state index contributed by atoms with van der Waals surface area (Å²) in [4.78, 5) is 33.4. The van der Waals surface area contributed by atoms with Crippen LogP contribution in [0.15, 0.2) is 134 Å². The number of ether oxygens (including phenoxy) is 2. The maximum Gasteiger partial charge on any atom is 0.335 e. The summed E-state index contributed by atoms with van der Waals surface area (Å²) in [6.07, 6.45) is 7.51. The van der Waals surface area contributed by atoms with Crippen LogP contribution >= 0.6 is 22.6 Å². The Morgan fingerprint density at radius 3 is 1.62 bits per heavy atom. The van der Waals surface area contributed by atoms with Crippen molar-refractivity contribution in [2.75, 3.05) is 32.2 Å². The second-order valence-corrected chi connectivity index (χ2v) is 13.3. The van der Waals surface area contributed by atoms with Crippen molar-refractivity contribution in [1.82, 2.24) is 55.7 Å². The lowest BCUT2D eigenvalue weighted by molar-refractivity contribution is 0.0696. The van der Waals surface area contributed by atoms with Crippen molar-refractivity contribution in [3.8, 4) is 45.4 Å². The normalized spacial score (nSPS) is 10.4.